The van der Waals surface area contributed by atoms with E-state index in [1.165, 1.54) is 4.31 Å². The van der Waals surface area contributed by atoms with Crippen LogP contribution in [0.1, 0.15) is 12.8 Å². The van der Waals surface area contributed by atoms with Crippen LogP contribution in [0.4, 0.5) is 11.4 Å². The molecule has 0 spiro atoms. The predicted octanol–water partition coefficient (Wildman–Crippen LogP) is 0.662. The Morgan fingerprint density at radius 2 is 1.69 bits per heavy atom. The molecule has 0 saturated carbocycles. The number of morpholine rings is 2. The maximum absolute atomic E-state index is 13.1. The van der Waals surface area contributed by atoms with Crippen LogP contribution in [0.5, 0.6) is 0 Å². The van der Waals surface area contributed by atoms with Gasteiger partial charge in [0.2, 0.25) is 10.0 Å². The fraction of sp³-hybridized carbons (Fsp3) is 0.632. The number of hydrogen-bond acceptors (Lipinski definition) is 7. The molecule has 1 amide bonds. The lowest BCUT2D eigenvalue weighted by atomic mass is 10.2. The van der Waals surface area contributed by atoms with Crippen molar-refractivity contribution >= 4 is 27.3 Å². The molecule has 3 aliphatic rings. The lowest BCUT2D eigenvalue weighted by Crippen LogP contribution is -2.40. The third-order valence-corrected chi connectivity index (χ3v) is 7.30. The van der Waals surface area contributed by atoms with Gasteiger partial charge in [0.05, 0.1) is 42.7 Å². The highest BCUT2D eigenvalue weighted by atomic mass is 32.2. The number of rotatable bonds is 5. The number of amides is 1. The van der Waals surface area contributed by atoms with Gasteiger partial charge in [0.25, 0.3) is 5.91 Å². The van der Waals surface area contributed by atoms with E-state index in [2.05, 4.69) is 10.2 Å². The lowest BCUT2D eigenvalue weighted by Gasteiger charge is -2.31. The van der Waals surface area contributed by atoms with Crippen molar-refractivity contribution in [1.82, 2.24) is 4.31 Å². The van der Waals surface area contributed by atoms with E-state index in [0.717, 1.165) is 12.1 Å². The second kappa shape index (κ2) is 8.97. The smallest absolute Gasteiger partial charge is 0.253 e. The van der Waals surface area contributed by atoms with Crippen LogP contribution in [0.2, 0.25) is 0 Å². The SMILES string of the molecule is O=C(Nc1cc(S(=O)(=O)N2CCOCC2)ccc1N1CCOCC1)C1CCCO1. The van der Waals surface area contributed by atoms with Gasteiger partial charge in [-0.15, -0.1) is 0 Å². The van der Waals surface area contributed by atoms with Crippen molar-refractivity contribution in [1.29, 1.82) is 0 Å². The van der Waals surface area contributed by atoms with Crippen molar-refractivity contribution in [3.05, 3.63) is 18.2 Å². The van der Waals surface area contributed by atoms with Crippen LogP contribution in [0.25, 0.3) is 0 Å². The second-order valence-corrected chi connectivity index (χ2v) is 9.22. The molecule has 1 aromatic carbocycles. The first-order chi connectivity index (χ1) is 14.1. The third-order valence-electron chi connectivity index (χ3n) is 5.41. The van der Waals surface area contributed by atoms with Crippen LogP contribution in [-0.2, 0) is 29.0 Å². The molecule has 3 saturated heterocycles. The average Bonchev–Trinajstić information content (AvgIpc) is 3.30. The zero-order valence-electron chi connectivity index (χ0n) is 16.3. The summed E-state index contributed by atoms with van der Waals surface area (Å²) in [6, 6.07) is 4.93. The number of anilines is 2. The van der Waals surface area contributed by atoms with Gasteiger partial charge in [0.15, 0.2) is 0 Å². The first-order valence-corrected chi connectivity index (χ1v) is 11.5. The minimum Gasteiger partial charge on any atom is -0.379 e. The van der Waals surface area contributed by atoms with Gasteiger partial charge >= 0.3 is 0 Å². The van der Waals surface area contributed by atoms with E-state index in [-0.39, 0.29) is 10.8 Å². The summed E-state index contributed by atoms with van der Waals surface area (Å²) in [7, 11) is -3.66. The maximum Gasteiger partial charge on any atom is 0.253 e. The summed E-state index contributed by atoms with van der Waals surface area (Å²) < 4.78 is 43.7. The number of hydrogen-bond donors (Lipinski definition) is 1. The van der Waals surface area contributed by atoms with Gasteiger partial charge in [-0.1, -0.05) is 0 Å². The Morgan fingerprint density at radius 1 is 1.00 bits per heavy atom. The standard InChI is InChI=1S/C19H27N3O6S/c23-19(18-2-1-9-28-18)20-16-14-15(29(24,25)22-7-12-27-13-8-22)3-4-17(16)21-5-10-26-11-6-21/h3-4,14,18H,1-2,5-13H2,(H,20,23). The number of carbonyl (C=O) groups is 1. The predicted molar refractivity (Wildman–Crippen MR) is 107 cm³/mol. The average molecular weight is 426 g/mol. The Kier molecular flexibility index (Phi) is 6.35. The summed E-state index contributed by atoms with van der Waals surface area (Å²) in [5.41, 5.74) is 1.28. The molecule has 9 nitrogen and oxygen atoms in total. The lowest BCUT2D eigenvalue weighted by molar-refractivity contribution is -0.124. The van der Waals surface area contributed by atoms with Crippen LogP contribution < -0.4 is 10.2 Å². The minimum absolute atomic E-state index is 0.166. The molecule has 1 unspecified atom stereocenters. The van der Waals surface area contributed by atoms with Gasteiger partial charge in [-0.25, -0.2) is 8.42 Å². The molecule has 3 heterocycles. The zero-order chi connectivity index (χ0) is 20.3. The first-order valence-electron chi connectivity index (χ1n) is 10.0. The minimum atomic E-state index is -3.66. The molecular formula is C19H27N3O6S. The van der Waals surface area contributed by atoms with Crippen molar-refractivity contribution in [2.75, 3.05) is 69.4 Å². The molecule has 10 heteroatoms. The van der Waals surface area contributed by atoms with Gasteiger partial charge in [-0.3, -0.25) is 4.79 Å². The zero-order valence-corrected chi connectivity index (χ0v) is 17.2. The van der Waals surface area contributed by atoms with E-state index in [4.69, 9.17) is 14.2 Å². The van der Waals surface area contributed by atoms with Crippen molar-refractivity contribution in [2.45, 2.75) is 23.8 Å². The molecule has 1 N–H and O–H groups in total. The number of sulfonamides is 1. The number of nitrogens with zero attached hydrogens (tertiary/aromatic N) is 2. The topological polar surface area (TPSA) is 97.4 Å². The summed E-state index contributed by atoms with van der Waals surface area (Å²) in [6.45, 7) is 4.52. The van der Waals surface area contributed by atoms with Gasteiger partial charge in [-0.2, -0.15) is 4.31 Å². The van der Waals surface area contributed by atoms with Crippen molar-refractivity contribution < 1.29 is 27.4 Å². The van der Waals surface area contributed by atoms with Crippen molar-refractivity contribution in [3.8, 4) is 0 Å². The monoisotopic (exact) mass is 425 g/mol. The Bertz CT molecular complexity index is 828. The molecule has 29 heavy (non-hydrogen) atoms. The van der Waals surface area contributed by atoms with E-state index >= 15 is 0 Å². The molecule has 1 atom stereocenters. The van der Waals surface area contributed by atoms with Gasteiger partial charge in [-0.05, 0) is 31.0 Å². The normalized spacial score (nSPS) is 23.9. The molecule has 1 aromatic rings. The summed E-state index contributed by atoms with van der Waals surface area (Å²) in [5, 5.41) is 2.91. The van der Waals surface area contributed by atoms with E-state index < -0.39 is 16.1 Å². The van der Waals surface area contributed by atoms with Crippen LogP contribution in [0.15, 0.2) is 23.1 Å². The van der Waals surface area contributed by atoms with Gasteiger partial charge in [0.1, 0.15) is 6.10 Å². The Labute approximate surface area is 170 Å². The molecule has 4 rings (SSSR count). The highest BCUT2D eigenvalue weighted by molar-refractivity contribution is 7.89. The molecule has 3 aliphatic heterocycles. The maximum atomic E-state index is 13.1. The summed E-state index contributed by atoms with van der Waals surface area (Å²) in [4.78, 5) is 14.9. The fourth-order valence-corrected chi connectivity index (χ4v) is 5.22. The highest BCUT2D eigenvalue weighted by Gasteiger charge is 2.29. The van der Waals surface area contributed by atoms with Crippen molar-refractivity contribution in [3.63, 3.8) is 0 Å². The Balaban J connectivity index is 1.64. The van der Waals surface area contributed by atoms with E-state index in [0.29, 0.717) is 71.3 Å². The molecule has 0 aromatic heterocycles. The summed E-state index contributed by atoms with van der Waals surface area (Å²) >= 11 is 0. The number of ether oxygens (including phenoxy) is 3. The molecule has 0 bridgehead atoms. The molecule has 0 radical (unpaired) electrons. The van der Waals surface area contributed by atoms with Crippen LogP contribution >= 0.6 is 0 Å². The van der Waals surface area contributed by atoms with E-state index in [9.17, 15) is 13.2 Å². The Hall–Kier alpha value is -1.72. The quantitative estimate of drug-likeness (QED) is 0.740. The number of nitrogens with one attached hydrogen (secondary N) is 1. The largest absolute Gasteiger partial charge is 0.379 e. The molecule has 0 aliphatic carbocycles. The summed E-state index contributed by atoms with van der Waals surface area (Å²) in [6.07, 6.45) is 1.02. The van der Waals surface area contributed by atoms with E-state index in [1.54, 1.807) is 18.2 Å². The molecule has 160 valence electrons. The van der Waals surface area contributed by atoms with Crippen LogP contribution in [0.3, 0.4) is 0 Å². The Morgan fingerprint density at radius 3 is 2.34 bits per heavy atom. The molecular weight excluding hydrogens is 398 g/mol. The number of benzene rings is 1. The third kappa shape index (κ3) is 4.56. The number of carbonyl (C=O) groups excluding carboxylic acids is 1. The van der Waals surface area contributed by atoms with Gasteiger partial charge in [0, 0.05) is 32.8 Å². The van der Waals surface area contributed by atoms with Crippen molar-refractivity contribution in [2.24, 2.45) is 0 Å². The van der Waals surface area contributed by atoms with Crippen LogP contribution in [0, 0.1) is 0 Å². The van der Waals surface area contributed by atoms with Gasteiger partial charge < -0.3 is 24.4 Å². The fourth-order valence-electron chi connectivity index (χ4n) is 3.79. The van der Waals surface area contributed by atoms with E-state index in [1.807, 2.05) is 0 Å². The molecule has 3 fully saturated rings. The highest BCUT2D eigenvalue weighted by Crippen LogP contribution is 2.31. The second-order valence-electron chi connectivity index (χ2n) is 7.29. The summed E-state index contributed by atoms with van der Waals surface area (Å²) in [5.74, 6) is -0.238. The van der Waals surface area contributed by atoms with Crippen LogP contribution in [-0.4, -0.2) is 83.9 Å². The first kappa shape index (κ1) is 20.5.